The Bertz CT molecular complexity index is 637. The standard InChI is InChI=1S/C15H18N2O4S/c1-2-5-12(9(14(20)21)8-13(18)19)22-15-16-10-6-3-4-7-11(10)17-15/h3-4,6-7,9,12H,2,5,8H2,1H3,(H,16,17)(H,18,19)(H,20,21). The van der Waals surface area contributed by atoms with Gasteiger partial charge in [0.05, 0.1) is 23.4 Å². The zero-order valence-electron chi connectivity index (χ0n) is 12.2. The van der Waals surface area contributed by atoms with E-state index in [0.717, 1.165) is 17.5 Å². The van der Waals surface area contributed by atoms with Crippen LogP contribution in [0, 0.1) is 5.92 Å². The summed E-state index contributed by atoms with van der Waals surface area (Å²) in [5.41, 5.74) is 1.69. The van der Waals surface area contributed by atoms with Crippen LogP contribution < -0.4 is 0 Å². The van der Waals surface area contributed by atoms with Crippen LogP contribution in [-0.2, 0) is 9.59 Å². The minimum atomic E-state index is -1.10. The summed E-state index contributed by atoms with van der Waals surface area (Å²) < 4.78 is 0. The van der Waals surface area contributed by atoms with Gasteiger partial charge >= 0.3 is 11.9 Å². The number of H-pyrrole nitrogens is 1. The van der Waals surface area contributed by atoms with Gasteiger partial charge in [0.2, 0.25) is 0 Å². The molecule has 0 aliphatic carbocycles. The first kappa shape index (κ1) is 16.4. The number of nitrogens with zero attached hydrogens (tertiary/aromatic N) is 1. The molecule has 0 radical (unpaired) electrons. The highest BCUT2D eigenvalue weighted by Crippen LogP contribution is 2.32. The maximum Gasteiger partial charge on any atom is 0.308 e. The first-order chi connectivity index (χ1) is 10.5. The van der Waals surface area contributed by atoms with Crippen LogP contribution in [0.5, 0.6) is 0 Å². The third-order valence-electron chi connectivity index (χ3n) is 3.36. The Morgan fingerprint density at radius 1 is 1.32 bits per heavy atom. The van der Waals surface area contributed by atoms with Crippen molar-refractivity contribution in [3.8, 4) is 0 Å². The molecular formula is C15H18N2O4S. The van der Waals surface area contributed by atoms with Gasteiger partial charge in [0.25, 0.3) is 0 Å². The SMILES string of the molecule is CCCC(Sc1nc2ccccc2[nH]1)C(CC(=O)O)C(=O)O. The van der Waals surface area contributed by atoms with Crippen LogP contribution in [-0.4, -0.2) is 37.4 Å². The molecule has 2 unspecified atom stereocenters. The number of imidazole rings is 1. The maximum atomic E-state index is 11.4. The number of thioether (sulfide) groups is 1. The molecule has 0 amide bonds. The van der Waals surface area contributed by atoms with Gasteiger partial charge in [-0.2, -0.15) is 0 Å². The van der Waals surface area contributed by atoms with Crippen LogP contribution in [0.3, 0.4) is 0 Å². The number of aromatic nitrogens is 2. The number of hydrogen-bond donors (Lipinski definition) is 3. The first-order valence-corrected chi connectivity index (χ1v) is 7.95. The number of carboxylic acids is 2. The number of nitrogens with one attached hydrogen (secondary N) is 1. The molecule has 0 aliphatic heterocycles. The quantitative estimate of drug-likeness (QED) is 0.646. The molecule has 1 aromatic heterocycles. The number of aliphatic carboxylic acids is 2. The van der Waals surface area contributed by atoms with E-state index < -0.39 is 17.9 Å². The summed E-state index contributed by atoms with van der Waals surface area (Å²) in [5, 5.41) is 18.6. The fourth-order valence-corrected chi connectivity index (χ4v) is 3.66. The Labute approximate surface area is 131 Å². The molecule has 0 saturated carbocycles. The molecule has 0 spiro atoms. The summed E-state index contributed by atoms with van der Waals surface area (Å²) in [7, 11) is 0. The third kappa shape index (κ3) is 4.00. The number of benzene rings is 1. The second kappa shape index (κ2) is 7.31. The largest absolute Gasteiger partial charge is 0.481 e. The average Bonchev–Trinajstić information content (AvgIpc) is 2.86. The van der Waals surface area contributed by atoms with E-state index in [2.05, 4.69) is 9.97 Å². The Morgan fingerprint density at radius 3 is 2.64 bits per heavy atom. The Hall–Kier alpha value is -2.02. The maximum absolute atomic E-state index is 11.4. The van der Waals surface area contributed by atoms with Crippen LogP contribution in [0.4, 0.5) is 0 Å². The molecule has 7 heteroatoms. The van der Waals surface area contributed by atoms with E-state index in [-0.39, 0.29) is 11.7 Å². The summed E-state index contributed by atoms with van der Waals surface area (Å²) in [4.78, 5) is 29.9. The van der Waals surface area contributed by atoms with Crippen molar-refractivity contribution in [1.29, 1.82) is 0 Å². The normalized spacial score (nSPS) is 13.9. The molecule has 1 heterocycles. The number of hydrogen-bond acceptors (Lipinski definition) is 4. The van der Waals surface area contributed by atoms with Gasteiger partial charge in [0.1, 0.15) is 0 Å². The highest BCUT2D eigenvalue weighted by molar-refractivity contribution is 7.99. The van der Waals surface area contributed by atoms with Crippen molar-refractivity contribution in [2.75, 3.05) is 0 Å². The van der Waals surface area contributed by atoms with E-state index in [9.17, 15) is 14.7 Å². The minimum absolute atomic E-state index is 0.334. The Kier molecular flexibility index (Phi) is 5.43. The van der Waals surface area contributed by atoms with Gasteiger partial charge in [-0.15, -0.1) is 0 Å². The molecule has 0 fully saturated rings. The fourth-order valence-electron chi connectivity index (χ4n) is 2.32. The molecule has 0 aliphatic rings. The molecule has 2 aromatic rings. The van der Waals surface area contributed by atoms with E-state index in [1.807, 2.05) is 31.2 Å². The molecule has 0 saturated heterocycles. The number of aromatic amines is 1. The van der Waals surface area contributed by atoms with Gasteiger partial charge in [-0.1, -0.05) is 37.2 Å². The fraction of sp³-hybridized carbons (Fsp3) is 0.400. The van der Waals surface area contributed by atoms with Gasteiger partial charge in [-0.3, -0.25) is 9.59 Å². The summed E-state index contributed by atoms with van der Waals surface area (Å²) in [6.07, 6.45) is 1.01. The van der Waals surface area contributed by atoms with E-state index >= 15 is 0 Å². The predicted molar refractivity (Wildman–Crippen MR) is 84.0 cm³/mol. The molecule has 6 nitrogen and oxygen atoms in total. The highest BCUT2D eigenvalue weighted by atomic mass is 32.2. The molecule has 2 rings (SSSR count). The lowest BCUT2D eigenvalue weighted by molar-refractivity contribution is -0.148. The molecule has 3 N–H and O–H groups in total. The lowest BCUT2D eigenvalue weighted by atomic mass is 9.98. The van der Waals surface area contributed by atoms with Gasteiger partial charge in [0, 0.05) is 5.25 Å². The van der Waals surface area contributed by atoms with Crippen molar-refractivity contribution >= 4 is 34.7 Å². The predicted octanol–water partition coefficient (Wildman–Crippen LogP) is 3.00. The molecule has 1 aromatic carbocycles. The van der Waals surface area contributed by atoms with Crippen molar-refractivity contribution in [2.24, 2.45) is 5.92 Å². The molecule has 2 atom stereocenters. The summed E-state index contributed by atoms with van der Waals surface area (Å²) in [6, 6.07) is 7.54. The molecule has 22 heavy (non-hydrogen) atoms. The summed E-state index contributed by atoms with van der Waals surface area (Å²) in [5.74, 6) is -3.11. The lowest BCUT2D eigenvalue weighted by Gasteiger charge is -2.20. The topological polar surface area (TPSA) is 103 Å². The van der Waals surface area contributed by atoms with Crippen molar-refractivity contribution in [3.63, 3.8) is 0 Å². The number of carboxylic acid groups (broad SMARTS) is 2. The molecule has 118 valence electrons. The number of fused-ring (bicyclic) bond motifs is 1. The molecular weight excluding hydrogens is 304 g/mol. The van der Waals surface area contributed by atoms with Gasteiger partial charge in [0.15, 0.2) is 5.16 Å². The van der Waals surface area contributed by atoms with E-state index in [1.165, 1.54) is 11.8 Å². The van der Waals surface area contributed by atoms with Crippen LogP contribution >= 0.6 is 11.8 Å². The van der Waals surface area contributed by atoms with Crippen molar-refractivity contribution in [2.45, 2.75) is 36.6 Å². The van der Waals surface area contributed by atoms with Crippen molar-refractivity contribution < 1.29 is 19.8 Å². The zero-order valence-corrected chi connectivity index (χ0v) is 13.0. The zero-order chi connectivity index (χ0) is 16.1. The second-order valence-electron chi connectivity index (χ2n) is 5.05. The Morgan fingerprint density at radius 2 is 2.05 bits per heavy atom. The first-order valence-electron chi connectivity index (χ1n) is 7.07. The number of para-hydroxylation sites is 2. The van der Waals surface area contributed by atoms with Crippen LogP contribution in [0.1, 0.15) is 26.2 Å². The Balaban J connectivity index is 2.22. The summed E-state index contributed by atoms with van der Waals surface area (Å²) >= 11 is 1.31. The van der Waals surface area contributed by atoms with Gasteiger partial charge in [-0.05, 0) is 18.6 Å². The van der Waals surface area contributed by atoms with E-state index in [1.54, 1.807) is 0 Å². The van der Waals surface area contributed by atoms with Gasteiger partial charge < -0.3 is 15.2 Å². The smallest absolute Gasteiger partial charge is 0.308 e. The van der Waals surface area contributed by atoms with Crippen molar-refractivity contribution in [1.82, 2.24) is 9.97 Å². The number of carbonyl (C=O) groups is 2. The minimum Gasteiger partial charge on any atom is -0.481 e. The van der Waals surface area contributed by atoms with E-state index in [4.69, 9.17) is 5.11 Å². The third-order valence-corrected chi connectivity index (χ3v) is 4.65. The summed E-state index contributed by atoms with van der Waals surface area (Å²) in [6.45, 7) is 1.95. The number of rotatable bonds is 8. The van der Waals surface area contributed by atoms with Gasteiger partial charge in [-0.25, -0.2) is 4.98 Å². The lowest BCUT2D eigenvalue weighted by Crippen LogP contribution is -2.28. The highest BCUT2D eigenvalue weighted by Gasteiger charge is 2.31. The van der Waals surface area contributed by atoms with Crippen LogP contribution in [0.2, 0.25) is 0 Å². The molecule has 0 bridgehead atoms. The average molecular weight is 322 g/mol. The van der Waals surface area contributed by atoms with Crippen LogP contribution in [0.15, 0.2) is 29.4 Å². The van der Waals surface area contributed by atoms with E-state index in [0.29, 0.717) is 11.6 Å². The van der Waals surface area contributed by atoms with Crippen molar-refractivity contribution in [3.05, 3.63) is 24.3 Å². The monoisotopic (exact) mass is 322 g/mol. The van der Waals surface area contributed by atoms with Crippen LogP contribution in [0.25, 0.3) is 11.0 Å². The second-order valence-corrected chi connectivity index (χ2v) is 6.27.